The minimum atomic E-state index is -0.0464. The molecule has 4 nitrogen and oxygen atoms in total. The van der Waals surface area contributed by atoms with Crippen molar-refractivity contribution < 1.29 is 9.59 Å². The van der Waals surface area contributed by atoms with Crippen molar-refractivity contribution in [2.24, 2.45) is 0 Å². The van der Waals surface area contributed by atoms with Gasteiger partial charge in [0.15, 0.2) is 0 Å². The van der Waals surface area contributed by atoms with Gasteiger partial charge in [0.25, 0.3) is 0 Å². The van der Waals surface area contributed by atoms with E-state index in [4.69, 9.17) is 11.6 Å². The third kappa shape index (κ3) is 4.15. The average Bonchev–Trinajstić information content (AvgIpc) is 3.01. The molecule has 5 heteroatoms. The van der Waals surface area contributed by atoms with Gasteiger partial charge in [0.2, 0.25) is 11.8 Å². The topological polar surface area (TPSA) is 49.4 Å². The fraction of sp³-hybridized carbons (Fsp3) is 0.263. The fourth-order valence-electron chi connectivity index (χ4n) is 2.81. The number of nitrogens with one attached hydrogen (secondary N) is 1. The van der Waals surface area contributed by atoms with Crippen molar-refractivity contribution in [2.75, 3.05) is 16.8 Å². The van der Waals surface area contributed by atoms with Crippen LogP contribution in [0.4, 0.5) is 11.4 Å². The van der Waals surface area contributed by atoms with Crippen molar-refractivity contribution in [3.05, 3.63) is 59.1 Å². The van der Waals surface area contributed by atoms with E-state index in [9.17, 15) is 9.59 Å². The summed E-state index contributed by atoms with van der Waals surface area (Å²) >= 11 is 5.85. The van der Waals surface area contributed by atoms with Crippen molar-refractivity contribution in [1.82, 2.24) is 0 Å². The number of anilines is 2. The Bertz CT molecular complexity index is 743. The summed E-state index contributed by atoms with van der Waals surface area (Å²) in [6, 6.07) is 14.9. The molecule has 1 aliphatic rings. The Hall–Kier alpha value is -2.33. The molecule has 1 saturated heterocycles. The second-order valence-corrected chi connectivity index (χ2v) is 6.31. The van der Waals surface area contributed by atoms with Gasteiger partial charge in [-0.3, -0.25) is 9.59 Å². The highest BCUT2D eigenvalue weighted by Gasteiger charge is 2.21. The molecule has 124 valence electrons. The van der Waals surface area contributed by atoms with Crippen molar-refractivity contribution in [3.63, 3.8) is 0 Å². The molecule has 0 aliphatic carbocycles. The molecule has 1 aliphatic heterocycles. The molecule has 2 aromatic rings. The number of nitrogens with zero attached hydrogens (tertiary/aromatic N) is 1. The highest BCUT2D eigenvalue weighted by Crippen LogP contribution is 2.24. The van der Waals surface area contributed by atoms with Crippen LogP contribution in [-0.2, 0) is 16.0 Å². The highest BCUT2D eigenvalue weighted by atomic mass is 35.5. The van der Waals surface area contributed by atoms with Crippen LogP contribution in [0.5, 0.6) is 0 Å². The Morgan fingerprint density at radius 1 is 1.17 bits per heavy atom. The second kappa shape index (κ2) is 7.49. The van der Waals surface area contributed by atoms with Crippen LogP contribution in [-0.4, -0.2) is 18.4 Å². The molecule has 0 spiro atoms. The zero-order chi connectivity index (χ0) is 16.9. The molecule has 0 bridgehead atoms. The largest absolute Gasteiger partial charge is 0.326 e. The lowest BCUT2D eigenvalue weighted by molar-refractivity contribution is -0.117. The highest BCUT2D eigenvalue weighted by molar-refractivity contribution is 6.30. The quantitative estimate of drug-likeness (QED) is 0.891. The monoisotopic (exact) mass is 342 g/mol. The molecule has 1 heterocycles. The number of hydrogen-bond acceptors (Lipinski definition) is 2. The van der Waals surface area contributed by atoms with Crippen LogP contribution >= 0.6 is 11.6 Å². The van der Waals surface area contributed by atoms with Gasteiger partial charge in [-0.25, -0.2) is 0 Å². The van der Waals surface area contributed by atoms with Gasteiger partial charge in [-0.1, -0.05) is 29.8 Å². The van der Waals surface area contributed by atoms with Crippen LogP contribution < -0.4 is 10.2 Å². The van der Waals surface area contributed by atoms with Crippen molar-refractivity contribution in [3.8, 4) is 0 Å². The van der Waals surface area contributed by atoms with Crippen molar-refractivity contribution >= 4 is 34.8 Å². The molecule has 3 rings (SSSR count). The average molecular weight is 343 g/mol. The molecule has 1 N–H and O–H groups in total. The Balaban J connectivity index is 1.58. The fourth-order valence-corrected chi connectivity index (χ4v) is 2.93. The first kappa shape index (κ1) is 16.5. The number of amides is 2. The zero-order valence-corrected chi connectivity index (χ0v) is 14.1. The van der Waals surface area contributed by atoms with Crippen molar-refractivity contribution in [2.45, 2.75) is 25.7 Å². The van der Waals surface area contributed by atoms with Crippen LogP contribution in [0.3, 0.4) is 0 Å². The summed E-state index contributed by atoms with van der Waals surface area (Å²) in [4.78, 5) is 25.7. The molecular formula is C19H19ClN2O2. The van der Waals surface area contributed by atoms with Crippen LogP contribution in [0.1, 0.15) is 24.8 Å². The number of hydrogen-bond donors (Lipinski definition) is 1. The standard InChI is InChI=1S/C19H19ClN2O2/c20-15-9-6-14(7-10-15)8-11-18(23)21-16-3-1-4-17(13-16)22-12-2-5-19(22)24/h1,3-4,6-7,9-10,13H,2,5,8,11-12H2,(H,21,23). The van der Waals surface area contributed by atoms with Gasteiger partial charge in [0, 0.05) is 35.8 Å². The van der Waals surface area contributed by atoms with Crippen LogP contribution in [0.2, 0.25) is 5.02 Å². The number of benzene rings is 2. The smallest absolute Gasteiger partial charge is 0.227 e. The first-order valence-corrected chi connectivity index (χ1v) is 8.44. The molecule has 0 unspecified atom stereocenters. The van der Waals surface area contributed by atoms with Crippen molar-refractivity contribution in [1.29, 1.82) is 0 Å². The summed E-state index contributed by atoms with van der Waals surface area (Å²) in [6.07, 6.45) is 2.54. The minimum Gasteiger partial charge on any atom is -0.326 e. The number of aryl methyl sites for hydroxylation is 1. The van der Waals surface area contributed by atoms with E-state index in [2.05, 4.69) is 5.32 Å². The van der Waals surface area contributed by atoms with Gasteiger partial charge in [-0.05, 0) is 48.7 Å². The van der Waals surface area contributed by atoms with Gasteiger partial charge >= 0.3 is 0 Å². The normalized spacial score (nSPS) is 14.0. The van der Waals surface area contributed by atoms with Gasteiger partial charge in [0.05, 0.1) is 0 Å². The Labute approximate surface area is 146 Å². The maximum absolute atomic E-state index is 12.1. The lowest BCUT2D eigenvalue weighted by atomic mass is 10.1. The summed E-state index contributed by atoms with van der Waals surface area (Å²) < 4.78 is 0. The molecule has 24 heavy (non-hydrogen) atoms. The molecule has 1 fully saturated rings. The van der Waals surface area contributed by atoms with E-state index in [1.165, 1.54) is 0 Å². The van der Waals surface area contributed by atoms with Crippen LogP contribution in [0, 0.1) is 0 Å². The maximum atomic E-state index is 12.1. The van der Waals surface area contributed by atoms with E-state index in [0.717, 1.165) is 24.2 Å². The Morgan fingerprint density at radius 3 is 2.67 bits per heavy atom. The van der Waals surface area contributed by atoms with E-state index in [1.54, 1.807) is 4.90 Å². The summed E-state index contributed by atoms with van der Waals surface area (Å²) in [5.41, 5.74) is 2.63. The minimum absolute atomic E-state index is 0.0464. The first-order valence-electron chi connectivity index (χ1n) is 8.06. The van der Waals surface area contributed by atoms with Gasteiger partial charge < -0.3 is 10.2 Å². The lowest BCUT2D eigenvalue weighted by Crippen LogP contribution is -2.23. The molecule has 0 aromatic heterocycles. The molecule has 2 amide bonds. The molecule has 0 saturated carbocycles. The van der Waals surface area contributed by atoms with E-state index >= 15 is 0 Å². The maximum Gasteiger partial charge on any atom is 0.227 e. The molecule has 2 aromatic carbocycles. The molecule has 0 atom stereocenters. The zero-order valence-electron chi connectivity index (χ0n) is 13.3. The molecular weight excluding hydrogens is 324 g/mol. The summed E-state index contributed by atoms with van der Waals surface area (Å²) in [7, 11) is 0. The lowest BCUT2D eigenvalue weighted by Gasteiger charge is -2.16. The summed E-state index contributed by atoms with van der Waals surface area (Å²) in [5.74, 6) is 0.0936. The van der Waals surface area contributed by atoms with Gasteiger partial charge in [-0.2, -0.15) is 0 Å². The predicted octanol–water partition coefficient (Wildman–Crippen LogP) is 4.04. The predicted molar refractivity (Wildman–Crippen MR) is 96.4 cm³/mol. The summed E-state index contributed by atoms with van der Waals surface area (Å²) in [6.45, 7) is 0.743. The number of carbonyl (C=O) groups is 2. The van der Waals surface area contributed by atoms with E-state index < -0.39 is 0 Å². The Morgan fingerprint density at radius 2 is 1.96 bits per heavy atom. The number of rotatable bonds is 5. The number of halogens is 1. The SMILES string of the molecule is O=C(CCc1ccc(Cl)cc1)Nc1cccc(N2CCCC2=O)c1. The second-order valence-electron chi connectivity index (χ2n) is 5.87. The third-order valence-electron chi connectivity index (χ3n) is 4.07. The van der Waals surface area contributed by atoms with E-state index in [0.29, 0.717) is 30.0 Å². The third-order valence-corrected chi connectivity index (χ3v) is 4.32. The first-order chi connectivity index (χ1) is 11.6. The van der Waals surface area contributed by atoms with Gasteiger partial charge in [0.1, 0.15) is 0 Å². The van der Waals surface area contributed by atoms with E-state index in [1.807, 2.05) is 48.5 Å². The van der Waals surface area contributed by atoms with E-state index in [-0.39, 0.29) is 11.8 Å². The molecule has 0 radical (unpaired) electrons. The van der Waals surface area contributed by atoms with Crippen LogP contribution in [0.25, 0.3) is 0 Å². The van der Waals surface area contributed by atoms with Crippen LogP contribution in [0.15, 0.2) is 48.5 Å². The number of carbonyl (C=O) groups excluding carboxylic acids is 2. The Kier molecular flexibility index (Phi) is 5.16. The summed E-state index contributed by atoms with van der Waals surface area (Å²) in [5, 5.41) is 3.59. The van der Waals surface area contributed by atoms with Gasteiger partial charge in [-0.15, -0.1) is 0 Å².